The number of aryl methyl sites for hydroxylation is 1. The zero-order chi connectivity index (χ0) is 17.1. The highest BCUT2D eigenvalue weighted by molar-refractivity contribution is 5.74. The first-order valence-corrected chi connectivity index (χ1v) is 10.3. The van der Waals surface area contributed by atoms with Crippen LogP contribution in [0.5, 0.6) is 0 Å². The van der Waals surface area contributed by atoms with Crippen LogP contribution in [-0.4, -0.2) is 33.4 Å². The van der Waals surface area contributed by atoms with E-state index in [4.69, 9.17) is 0 Å². The molecule has 1 aliphatic heterocycles. The van der Waals surface area contributed by atoms with E-state index in [1.807, 2.05) is 0 Å². The number of hydrogen-bond acceptors (Lipinski definition) is 3. The second kappa shape index (κ2) is 7.75. The summed E-state index contributed by atoms with van der Waals surface area (Å²) in [7, 11) is 0. The molecule has 0 radical (unpaired) electrons. The standard InChI is InChI=1S/C19H31N5O/c25-19(21-16-13-15(16)14-7-3-1-4-8-14)20-11-10-18-23-22-17-9-5-2-6-12-24(17)18/h14-16H,1-13H2,(H2,20,21,25). The van der Waals surface area contributed by atoms with Crippen LogP contribution in [0, 0.1) is 11.8 Å². The molecule has 138 valence electrons. The van der Waals surface area contributed by atoms with Crippen molar-refractivity contribution in [2.45, 2.75) is 83.2 Å². The van der Waals surface area contributed by atoms with Crippen molar-refractivity contribution in [1.82, 2.24) is 25.4 Å². The van der Waals surface area contributed by atoms with E-state index in [0.29, 0.717) is 12.6 Å². The lowest BCUT2D eigenvalue weighted by atomic mass is 9.85. The van der Waals surface area contributed by atoms with Crippen molar-refractivity contribution in [1.29, 1.82) is 0 Å². The molecule has 2 aliphatic carbocycles. The summed E-state index contributed by atoms with van der Waals surface area (Å²) < 4.78 is 2.26. The molecule has 0 spiro atoms. The van der Waals surface area contributed by atoms with E-state index < -0.39 is 0 Å². The van der Waals surface area contributed by atoms with E-state index in [-0.39, 0.29) is 6.03 Å². The van der Waals surface area contributed by atoms with E-state index in [2.05, 4.69) is 25.4 Å². The molecule has 2 amide bonds. The first kappa shape index (κ1) is 16.9. The molecule has 2 heterocycles. The van der Waals surface area contributed by atoms with Gasteiger partial charge in [0.25, 0.3) is 0 Å². The van der Waals surface area contributed by atoms with Crippen LogP contribution in [0.2, 0.25) is 0 Å². The smallest absolute Gasteiger partial charge is 0.315 e. The fraction of sp³-hybridized carbons (Fsp3) is 0.842. The number of nitrogens with one attached hydrogen (secondary N) is 2. The zero-order valence-electron chi connectivity index (χ0n) is 15.2. The quantitative estimate of drug-likeness (QED) is 0.862. The number of rotatable bonds is 5. The minimum Gasteiger partial charge on any atom is -0.338 e. The summed E-state index contributed by atoms with van der Waals surface area (Å²) >= 11 is 0. The van der Waals surface area contributed by atoms with E-state index in [1.165, 1.54) is 57.8 Å². The molecule has 25 heavy (non-hydrogen) atoms. The first-order chi connectivity index (χ1) is 12.3. The second-order valence-electron chi connectivity index (χ2n) is 8.05. The number of amides is 2. The van der Waals surface area contributed by atoms with Crippen LogP contribution in [-0.2, 0) is 19.4 Å². The molecule has 0 bridgehead atoms. The number of nitrogens with zero attached hydrogens (tertiary/aromatic N) is 3. The Morgan fingerprint density at radius 3 is 2.80 bits per heavy atom. The summed E-state index contributed by atoms with van der Waals surface area (Å²) in [6.45, 7) is 1.65. The van der Waals surface area contributed by atoms with Crippen LogP contribution >= 0.6 is 0 Å². The lowest BCUT2D eigenvalue weighted by Gasteiger charge is -2.21. The molecule has 2 atom stereocenters. The van der Waals surface area contributed by atoms with Gasteiger partial charge < -0.3 is 15.2 Å². The predicted molar refractivity (Wildman–Crippen MR) is 96.3 cm³/mol. The molecule has 1 aromatic rings. The summed E-state index contributed by atoms with van der Waals surface area (Å²) in [6, 6.07) is 0.395. The minimum atomic E-state index is -0.0149. The largest absolute Gasteiger partial charge is 0.338 e. The summed E-state index contributed by atoms with van der Waals surface area (Å²) in [5.74, 6) is 3.72. The summed E-state index contributed by atoms with van der Waals surface area (Å²) in [6.07, 6.45) is 13.5. The van der Waals surface area contributed by atoms with Crippen molar-refractivity contribution >= 4 is 6.03 Å². The molecule has 3 aliphatic rings. The molecule has 6 nitrogen and oxygen atoms in total. The molecule has 2 N–H and O–H groups in total. The monoisotopic (exact) mass is 345 g/mol. The molecule has 6 heteroatoms. The minimum absolute atomic E-state index is 0.0149. The van der Waals surface area contributed by atoms with Gasteiger partial charge in [-0.1, -0.05) is 38.5 Å². The van der Waals surface area contributed by atoms with Crippen molar-refractivity contribution in [3.8, 4) is 0 Å². The van der Waals surface area contributed by atoms with Crippen LogP contribution in [0.15, 0.2) is 0 Å². The number of fused-ring (bicyclic) bond motifs is 1. The molecule has 2 unspecified atom stereocenters. The van der Waals surface area contributed by atoms with Crippen LogP contribution in [0.1, 0.15) is 69.4 Å². The number of urea groups is 1. The summed E-state index contributed by atoms with van der Waals surface area (Å²) in [5.41, 5.74) is 0. The average Bonchev–Trinajstić information content (AvgIpc) is 3.35. The van der Waals surface area contributed by atoms with Crippen molar-refractivity contribution in [2.75, 3.05) is 6.54 Å². The van der Waals surface area contributed by atoms with Gasteiger partial charge >= 0.3 is 6.03 Å². The van der Waals surface area contributed by atoms with Gasteiger partial charge in [-0.2, -0.15) is 0 Å². The van der Waals surface area contributed by atoms with Gasteiger partial charge in [-0.15, -0.1) is 10.2 Å². The molecular weight excluding hydrogens is 314 g/mol. The Hall–Kier alpha value is -1.59. The van der Waals surface area contributed by atoms with E-state index >= 15 is 0 Å². The SMILES string of the molecule is O=C(NCCc1nnc2n1CCCCC2)NC1CC1C1CCCCC1. The maximum Gasteiger partial charge on any atom is 0.315 e. The second-order valence-corrected chi connectivity index (χ2v) is 8.05. The number of hydrogen-bond donors (Lipinski definition) is 2. The van der Waals surface area contributed by atoms with Gasteiger partial charge in [0, 0.05) is 32.0 Å². The number of carbonyl (C=O) groups is 1. The number of aromatic nitrogens is 3. The third-order valence-corrected chi connectivity index (χ3v) is 6.23. The topological polar surface area (TPSA) is 71.8 Å². The normalized spacial score (nSPS) is 26.6. The van der Waals surface area contributed by atoms with Crippen molar-refractivity contribution < 1.29 is 4.79 Å². The molecule has 0 aromatic carbocycles. The third kappa shape index (κ3) is 4.15. The van der Waals surface area contributed by atoms with Gasteiger partial charge in [-0.05, 0) is 31.1 Å². The van der Waals surface area contributed by atoms with Gasteiger partial charge in [0.2, 0.25) is 0 Å². The molecular formula is C19H31N5O. The van der Waals surface area contributed by atoms with Gasteiger partial charge in [0.15, 0.2) is 0 Å². The lowest BCUT2D eigenvalue weighted by Crippen LogP contribution is -2.39. The van der Waals surface area contributed by atoms with Crippen molar-refractivity contribution in [3.63, 3.8) is 0 Å². The van der Waals surface area contributed by atoms with E-state index in [9.17, 15) is 4.79 Å². The van der Waals surface area contributed by atoms with Crippen LogP contribution in [0.3, 0.4) is 0 Å². The Morgan fingerprint density at radius 1 is 1.08 bits per heavy atom. The fourth-order valence-corrected chi connectivity index (χ4v) is 4.70. The Labute approximate surface area is 150 Å². The molecule has 0 saturated heterocycles. The summed E-state index contributed by atoms with van der Waals surface area (Å²) in [5, 5.41) is 14.8. The van der Waals surface area contributed by atoms with Gasteiger partial charge in [-0.3, -0.25) is 0 Å². The average molecular weight is 345 g/mol. The van der Waals surface area contributed by atoms with E-state index in [0.717, 1.165) is 42.9 Å². The molecule has 4 rings (SSSR count). The van der Waals surface area contributed by atoms with Gasteiger partial charge in [0.05, 0.1) is 0 Å². The molecule has 2 saturated carbocycles. The van der Waals surface area contributed by atoms with Crippen molar-refractivity contribution in [2.24, 2.45) is 11.8 Å². The Balaban J connectivity index is 1.18. The Morgan fingerprint density at radius 2 is 1.92 bits per heavy atom. The van der Waals surface area contributed by atoms with Crippen LogP contribution in [0.25, 0.3) is 0 Å². The van der Waals surface area contributed by atoms with E-state index in [1.54, 1.807) is 0 Å². The fourth-order valence-electron chi connectivity index (χ4n) is 4.70. The Bertz CT molecular complexity index is 593. The highest BCUT2D eigenvalue weighted by atomic mass is 16.2. The van der Waals surface area contributed by atoms with Gasteiger partial charge in [0.1, 0.15) is 11.6 Å². The molecule has 1 aromatic heterocycles. The van der Waals surface area contributed by atoms with Gasteiger partial charge in [-0.25, -0.2) is 4.79 Å². The molecule has 2 fully saturated rings. The Kier molecular flexibility index (Phi) is 5.22. The van der Waals surface area contributed by atoms with Crippen LogP contribution < -0.4 is 10.6 Å². The first-order valence-electron chi connectivity index (χ1n) is 10.3. The maximum atomic E-state index is 12.1. The summed E-state index contributed by atoms with van der Waals surface area (Å²) in [4.78, 5) is 12.1. The number of carbonyl (C=O) groups excluding carboxylic acids is 1. The van der Waals surface area contributed by atoms with Crippen LogP contribution in [0.4, 0.5) is 4.79 Å². The third-order valence-electron chi connectivity index (χ3n) is 6.23. The highest BCUT2D eigenvalue weighted by Crippen LogP contribution is 2.44. The lowest BCUT2D eigenvalue weighted by molar-refractivity contribution is 0.238. The highest BCUT2D eigenvalue weighted by Gasteiger charge is 2.43. The zero-order valence-corrected chi connectivity index (χ0v) is 15.2. The predicted octanol–water partition coefficient (Wildman–Crippen LogP) is 2.82. The maximum absolute atomic E-state index is 12.1. The van der Waals surface area contributed by atoms with Crippen molar-refractivity contribution in [3.05, 3.63) is 11.6 Å².